The van der Waals surface area contributed by atoms with E-state index in [1.165, 1.54) is 11.8 Å². The van der Waals surface area contributed by atoms with Crippen molar-refractivity contribution < 1.29 is 9.53 Å². The third-order valence-electron chi connectivity index (χ3n) is 3.74. The summed E-state index contributed by atoms with van der Waals surface area (Å²) < 4.78 is 5.91. The van der Waals surface area contributed by atoms with Crippen LogP contribution in [0.1, 0.15) is 29.3 Å². The Morgan fingerprint density at radius 3 is 2.59 bits per heavy atom. The molecule has 0 atom stereocenters. The second-order valence-corrected chi connectivity index (χ2v) is 6.97. The van der Waals surface area contributed by atoms with E-state index in [1.54, 1.807) is 12.4 Å². The molecule has 6 heteroatoms. The maximum absolute atomic E-state index is 12.4. The van der Waals surface area contributed by atoms with Crippen molar-refractivity contribution in [2.24, 2.45) is 0 Å². The van der Waals surface area contributed by atoms with Crippen LogP contribution in [-0.2, 0) is 0 Å². The fourth-order valence-electron chi connectivity index (χ4n) is 2.35. The van der Waals surface area contributed by atoms with E-state index in [4.69, 9.17) is 4.74 Å². The van der Waals surface area contributed by atoms with Crippen molar-refractivity contribution in [1.82, 2.24) is 15.3 Å². The van der Waals surface area contributed by atoms with Gasteiger partial charge < -0.3 is 10.1 Å². The smallest absolute Gasteiger partial charge is 0.252 e. The molecule has 1 heterocycles. The molecule has 5 nitrogen and oxygen atoms in total. The number of aromatic nitrogens is 2. The summed E-state index contributed by atoms with van der Waals surface area (Å²) in [6.45, 7) is 4.69. The Bertz CT molecular complexity index is 913. The quantitative estimate of drug-likeness (QED) is 0.634. The van der Waals surface area contributed by atoms with Crippen LogP contribution in [0.4, 0.5) is 0 Å². The molecular formula is C21H21N3O2S. The second-order valence-electron chi connectivity index (χ2n) is 5.94. The van der Waals surface area contributed by atoms with Crippen LogP contribution in [-0.4, -0.2) is 22.4 Å². The number of nitrogens with zero attached hydrogens (tertiary/aromatic N) is 2. The van der Waals surface area contributed by atoms with Gasteiger partial charge in [0.2, 0.25) is 0 Å². The lowest BCUT2D eigenvalue weighted by Gasteiger charge is -2.11. The number of carbonyl (C=O) groups is 1. The van der Waals surface area contributed by atoms with Crippen LogP contribution < -0.4 is 10.1 Å². The summed E-state index contributed by atoms with van der Waals surface area (Å²) >= 11 is 1.37. The molecule has 0 aliphatic heterocycles. The Kier molecular flexibility index (Phi) is 6.44. The van der Waals surface area contributed by atoms with E-state index in [9.17, 15) is 4.79 Å². The molecule has 0 unspecified atom stereocenters. The summed E-state index contributed by atoms with van der Waals surface area (Å²) in [6, 6.07) is 15.2. The van der Waals surface area contributed by atoms with Gasteiger partial charge in [-0.1, -0.05) is 48.5 Å². The Morgan fingerprint density at radius 2 is 1.81 bits per heavy atom. The van der Waals surface area contributed by atoms with Crippen molar-refractivity contribution in [2.45, 2.75) is 30.2 Å². The number of nitrogens with one attached hydrogen (secondary N) is 1. The summed E-state index contributed by atoms with van der Waals surface area (Å²) in [5, 5.41) is 3.52. The van der Waals surface area contributed by atoms with Crippen molar-refractivity contribution in [3.8, 4) is 11.6 Å². The van der Waals surface area contributed by atoms with Crippen LogP contribution in [0.15, 0.2) is 70.8 Å². The standard InChI is InChI=1S/C21H21N3O2S/c1-3-12-22-19(25)17-6-4-5-7-18(17)27-21-20(23-13-14-24-21)26-16-10-8-15(2)9-11-16/h4-11,13-14H,3,12H2,1-2H3,(H,22,25). The Morgan fingerprint density at radius 1 is 1.07 bits per heavy atom. The average molecular weight is 379 g/mol. The average Bonchev–Trinajstić information content (AvgIpc) is 2.70. The molecule has 0 saturated carbocycles. The molecular weight excluding hydrogens is 358 g/mol. The van der Waals surface area contributed by atoms with Gasteiger partial charge in [-0.3, -0.25) is 4.79 Å². The minimum Gasteiger partial charge on any atom is -0.437 e. The van der Waals surface area contributed by atoms with E-state index >= 15 is 0 Å². The molecule has 0 spiro atoms. The number of aryl methyl sites for hydroxylation is 1. The van der Waals surface area contributed by atoms with Crippen LogP contribution in [0, 0.1) is 6.92 Å². The lowest BCUT2D eigenvalue weighted by atomic mass is 10.2. The molecule has 3 aromatic rings. The highest BCUT2D eigenvalue weighted by Gasteiger charge is 2.15. The molecule has 0 radical (unpaired) electrons. The first-order chi connectivity index (χ1) is 13.2. The summed E-state index contributed by atoms with van der Waals surface area (Å²) in [7, 11) is 0. The van der Waals surface area contributed by atoms with Gasteiger partial charge in [-0.2, -0.15) is 0 Å². The van der Waals surface area contributed by atoms with E-state index in [1.807, 2.05) is 62.4 Å². The van der Waals surface area contributed by atoms with Crippen molar-refractivity contribution in [1.29, 1.82) is 0 Å². The minimum absolute atomic E-state index is 0.0927. The molecule has 0 saturated heterocycles. The summed E-state index contributed by atoms with van der Waals surface area (Å²) in [5.41, 5.74) is 1.77. The maximum atomic E-state index is 12.4. The predicted octanol–water partition coefficient (Wildman–Crippen LogP) is 4.87. The molecule has 0 aliphatic rings. The molecule has 27 heavy (non-hydrogen) atoms. The first-order valence-electron chi connectivity index (χ1n) is 8.78. The largest absolute Gasteiger partial charge is 0.437 e. The molecule has 1 aromatic heterocycles. The highest BCUT2D eigenvalue weighted by atomic mass is 32.2. The van der Waals surface area contributed by atoms with E-state index in [-0.39, 0.29) is 5.91 Å². The Balaban J connectivity index is 1.84. The van der Waals surface area contributed by atoms with Crippen LogP contribution in [0.5, 0.6) is 11.6 Å². The topological polar surface area (TPSA) is 64.1 Å². The summed E-state index contributed by atoms with van der Waals surface area (Å²) in [5.74, 6) is 1.01. The number of hydrogen-bond acceptors (Lipinski definition) is 5. The first-order valence-corrected chi connectivity index (χ1v) is 9.59. The molecule has 2 aromatic carbocycles. The SMILES string of the molecule is CCCNC(=O)c1ccccc1Sc1nccnc1Oc1ccc(C)cc1. The molecule has 0 fully saturated rings. The third kappa shape index (κ3) is 5.08. The zero-order valence-corrected chi connectivity index (χ0v) is 16.1. The van der Waals surface area contributed by atoms with Gasteiger partial charge in [-0.15, -0.1) is 0 Å². The number of amides is 1. The van der Waals surface area contributed by atoms with Gasteiger partial charge in [0.1, 0.15) is 5.75 Å². The molecule has 1 N–H and O–H groups in total. The first kappa shape index (κ1) is 18.9. The van der Waals surface area contributed by atoms with Gasteiger partial charge in [0.05, 0.1) is 5.56 Å². The van der Waals surface area contributed by atoms with Gasteiger partial charge in [0, 0.05) is 23.8 Å². The van der Waals surface area contributed by atoms with E-state index in [2.05, 4.69) is 15.3 Å². The maximum Gasteiger partial charge on any atom is 0.252 e. The Labute approximate surface area is 163 Å². The molecule has 3 rings (SSSR count). The number of ether oxygens (including phenoxy) is 1. The van der Waals surface area contributed by atoms with Crippen molar-refractivity contribution >= 4 is 17.7 Å². The van der Waals surface area contributed by atoms with Crippen molar-refractivity contribution in [3.05, 3.63) is 72.1 Å². The van der Waals surface area contributed by atoms with Gasteiger partial charge in [-0.05, 0) is 37.6 Å². The van der Waals surface area contributed by atoms with Gasteiger partial charge in [-0.25, -0.2) is 9.97 Å². The van der Waals surface area contributed by atoms with E-state index in [0.29, 0.717) is 28.8 Å². The zero-order valence-electron chi connectivity index (χ0n) is 15.3. The van der Waals surface area contributed by atoms with Crippen LogP contribution in [0.3, 0.4) is 0 Å². The van der Waals surface area contributed by atoms with E-state index < -0.39 is 0 Å². The number of carbonyl (C=O) groups excluding carboxylic acids is 1. The molecule has 0 bridgehead atoms. The lowest BCUT2D eigenvalue weighted by Crippen LogP contribution is -2.24. The number of hydrogen-bond donors (Lipinski definition) is 1. The van der Waals surface area contributed by atoms with Crippen molar-refractivity contribution in [2.75, 3.05) is 6.54 Å². The highest BCUT2D eigenvalue weighted by Crippen LogP contribution is 2.35. The van der Waals surface area contributed by atoms with Crippen LogP contribution in [0.25, 0.3) is 0 Å². The Hall–Kier alpha value is -2.86. The van der Waals surface area contributed by atoms with E-state index in [0.717, 1.165) is 16.9 Å². The predicted molar refractivity (Wildman–Crippen MR) is 106 cm³/mol. The summed E-state index contributed by atoms with van der Waals surface area (Å²) in [4.78, 5) is 21.9. The number of benzene rings is 2. The molecule has 0 aliphatic carbocycles. The molecule has 138 valence electrons. The normalized spacial score (nSPS) is 10.4. The van der Waals surface area contributed by atoms with Crippen molar-refractivity contribution in [3.63, 3.8) is 0 Å². The van der Waals surface area contributed by atoms with Gasteiger partial charge in [0.15, 0.2) is 5.03 Å². The monoisotopic (exact) mass is 379 g/mol. The van der Waals surface area contributed by atoms with Gasteiger partial charge >= 0.3 is 0 Å². The van der Waals surface area contributed by atoms with Crippen LogP contribution in [0.2, 0.25) is 0 Å². The number of rotatable bonds is 7. The minimum atomic E-state index is -0.0927. The molecule has 1 amide bonds. The van der Waals surface area contributed by atoms with Gasteiger partial charge in [0.25, 0.3) is 11.8 Å². The second kappa shape index (κ2) is 9.19. The summed E-state index contributed by atoms with van der Waals surface area (Å²) in [6.07, 6.45) is 4.09. The third-order valence-corrected chi connectivity index (χ3v) is 4.79. The highest BCUT2D eigenvalue weighted by molar-refractivity contribution is 7.99. The fraction of sp³-hybridized carbons (Fsp3) is 0.190. The zero-order chi connectivity index (χ0) is 19.1. The fourth-order valence-corrected chi connectivity index (χ4v) is 3.27. The van der Waals surface area contributed by atoms with Crippen LogP contribution >= 0.6 is 11.8 Å². The lowest BCUT2D eigenvalue weighted by molar-refractivity contribution is 0.0950.